The molecule has 2 aromatic rings. The van der Waals surface area contributed by atoms with Crippen LogP contribution in [0.3, 0.4) is 0 Å². The van der Waals surface area contributed by atoms with E-state index in [2.05, 4.69) is 25.1 Å². The van der Waals surface area contributed by atoms with Crippen LogP contribution < -0.4 is 0 Å². The molecule has 1 unspecified atom stereocenters. The normalized spacial score (nSPS) is 17.3. The summed E-state index contributed by atoms with van der Waals surface area (Å²) in [5.41, 5.74) is 4.44. The lowest BCUT2D eigenvalue weighted by Gasteiger charge is -2.25. The van der Waals surface area contributed by atoms with Crippen LogP contribution in [0.5, 0.6) is 0 Å². The minimum absolute atomic E-state index is 0.104. The van der Waals surface area contributed by atoms with E-state index in [1.165, 1.54) is 11.1 Å². The molecule has 0 radical (unpaired) electrons. The molecule has 2 heteroatoms. The van der Waals surface area contributed by atoms with Gasteiger partial charge in [0.15, 0.2) is 5.78 Å². The van der Waals surface area contributed by atoms with Crippen LogP contribution in [-0.2, 0) is 17.6 Å². The minimum atomic E-state index is -0.104. The van der Waals surface area contributed by atoms with E-state index in [1.807, 2.05) is 30.3 Å². The predicted molar refractivity (Wildman–Crippen MR) is 83.6 cm³/mol. The number of hydrogen-bond acceptors (Lipinski definition) is 2. The molecule has 21 heavy (non-hydrogen) atoms. The largest absolute Gasteiger partial charge is 0.373 e. The summed E-state index contributed by atoms with van der Waals surface area (Å²) in [5.74, 6) is 0.175. The Morgan fingerprint density at radius 1 is 1.14 bits per heavy atom. The summed E-state index contributed by atoms with van der Waals surface area (Å²) in [6, 6.07) is 16.2. The summed E-state index contributed by atoms with van der Waals surface area (Å²) in [6.45, 7) is 2.78. The molecule has 0 aromatic heterocycles. The van der Waals surface area contributed by atoms with Crippen LogP contribution in [-0.4, -0.2) is 12.4 Å². The molecule has 1 aliphatic heterocycles. The first-order valence-electron chi connectivity index (χ1n) is 7.60. The SMILES string of the molecule is CCc1ccccc1C(=O)CC1OCCc2ccccc21. The van der Waals surface area contributed by atoms with Crippen LogP contribution in [0, 0.1) is 0 Å². The summed E-state index contributed by atoms with van der Waals surface area (Å²) in [7, 11) is 0. The molecule has 1 aliphatic rings. The minimum Gasteiger partial charge on any atom is -0.373 e. The van der Waals surface area contributed by atoms with Crippen molar-refractivity contribution in [1.29, 1.82) is 0 Å². The van der Waals surface area contributed by atoms with Crippen molar-refractivity contribution in [1.82, 2.24) is 0 Å². The molecule has 1 atom stereocenters. The van der Waals surface area contributed by atoms with Crippen molar-refractivity contribution in [3.63, 3.8) is 0 Å². The lowest BCUT2D eigenvalue weighted by molar-refractivity contribution is 0.0351. The molecule has 0 amide bonds. The summed E-state index contributed by atoms with van der Waals surface area (Å²) in [4.78, 5) is 12.6. The average Bonchev–Trinajstić information content (AvgIpc) is 2.55. The fourth-order valence-electron chi connectivity index (χ4n) is 3.02. The second kappa shape index (κ2) is 6.23. The Morgan fingerprint density at radius 2 is 1.90 bits per heavy atom. The summed E-state index contributed by atoms with van der Waals surface area (Å²) in [6.07, 6.45) is 2.14. The van der Waals surface area contributed by atoms with Crippen molar-refractivity contribution in [2.45, 2.75) is 32.3 Å². The van der Waals surface area contributed by atoms with E-state index in [1.54, 1.807) is 0 Å². The van der Waals surface area contributed by atoms with Gasteiger partial charge in [0.25, 0.3) is 0 Å². The molecule has 1 heterocycles. The molecule has 2 nitrogen and oxygen atoms in total. The highest BCUT2D eigenvalue weighted by atomic mass is 16.5. The topological polar surface area (TPSA) is 26.3 Å². The Labute approximate surface area is 125 Å². The monoisotopic (exact) mass is 280 g/mol. The molecule has 2 aromatic carbocycles. The van der Waals surface area contributed by atoms with Crippen LogP contribution in [0.2, 0.25) is 0 Å². The average molecular weight is 280 g/mol. The van der Waals surface area contributed by atoms with Crippen molar-refractivity contribution in [2.75, 3.05) is 6.61 Å². The highest BCUT2D eigenvalue weighted by Gasteiger charge is 2.24. The Morgan fingerprint density at radius 3 is 2.76 bits per heavy atom. The number of carbonyl (C=O) groups excluding carboxylic acids is 1. The van der Waals surface area contributed by atoms with Gasteiger partial charge in [-0.2, -0.15) is 0 Å². The first-order valence-corrected chi connectivity index (χ1v) is 7.60. The van der Waals surface area contributed by atoms with Gasteiger partial charge in [-0.1, -0.05) is 55.5 Å². The molecule has 0 bridgehead atoms. The fraction of sp³-hybridized carbons (Fsp3) is 0.316. The highest BCUT2D eigenvalue weighted by molar-refractivity contribution is 5.97. The number of carbonyl (C=O) groups is 1. The maximum Gasteiger partial charge on any atom is 0.166 e. The van der Waals surface area contributed by atoms with Gasteiger partial charge >= 0.3 is 0 Å². The number of ether oxygens (including phenoxy) is 1. The van der Waals surface area contributed by atoms with Gasteiger partial charge in [-0.3, -0.25) is 4.79 Å². The number of benzene rings is 2. The third-order valence-electron chi connectivity index (χ3n) is 4.16. The third-order valence-corrected chi connectivity index (χ3v) is 4.16. The van der Waals surface area contributed by atoms with Gasteiger partial charge in [-0.15, -0.1) is 0 Å². The molecule has 0 saturated heterocycles. The lowest BCUT2D eigenvalue weighted by atomic mass is 9.91. The van der Waals surface area contributed by atoms with Crippen LogP contribution in [0.15, 0.2) is 48.5 Å². The molecule has 3 rings (SSSR count). The first-order chi connectivity index (χ1) is 10.3. The van der Waals surface area contributed by atoms with Crippen LogP contribution in [0.25, 0.3) is 0 Å². The van der Waals surface area contributed by atoms with Gasteiger partial charge in [0.05, 0.1) is 12.7 Å². The zero-order valence-electron chi connectivity index (χ0n) is 12.3. The number of ketones is 1. The molecule has 0 N–H and O–H groups in total. The maximum absolute atomic E-state index is 12.6. The van der Waals surface area contributed by atoms with E-state index < -0.39 is 0 Å². The zero-order valence-corrected chi connectivity index (χ0v) is 12.3. The Balaban J connectivity index is 1.83. The van der Waals surface area contributed by atoms with Crippen LogP contribution in [0.4, 0.5) is 0 Å². The van der Waals surface area contributed by atoms with E-state index in [-0.39, 0.29) is 11.9 Å². The van der Waals surface area contributed by atoms with Gasteiger partial charge in [-0.25, -0.2) is 0 Å². The van der Waals surface area contributed by atoms with Gasteiger partial charge in [0, 0.05) is 12.0 Å². The quantitative estimate of drug-likeness (QED) is 0.787. The zero-order chi connectivity index (χ0) is 14.7. The van der Waals surface area contributed by atoms with E-state index >= 15 is 0 Å². The van der Waals surface area contributed by atoms with Crippen molar-refractivity contribution in [3.8, 4) is 0 Å². The number of hydrogen-bond donors (Lipinski definition) is 0. The summed E-state index contributed by atoms with van der Waals surface area (Å²) >= 11 is 0. The van der Waals surface area contributed by atoms with Crippen molar-refractivity contribution in [3.05, 3.63) is 70.8 Å². The van der Waals surface area contributed by atoms with Crippen LogP contribution in [0.1, 0.15) is 46.5 Å². The maximum atomic E-state index is 12.6. The summed E-state index contributed by atoms with van der Waals surface area (Å²) in [5, 5.41) is 0. The number of rotatable bonds is 4. The highest BCUT2D eigenvalue weighted by Crippen LogP contribution is 2.30. The standard InChI is InChI=1S/C19H20O2/c1-2-14-7-3-5-9-16(14)18(20)13-19-17-10-6-4-8-15(17)11-12-21-19/h3-10,19H,2,11-13H2,1H3. The molecule has 0 saturated carbocycles. The van der Waals surface area contributed by atoms with E-state index in [0.717, 1.165) is 24.0 Å². The van der Waals surface area contributed by atoms with Crippen LogP contribution >= 0.6 is 0 Å². The van der Waals surface area contributed by atoms with Gasteiger partial charge in [-0.05, 0) is 29.5 Å². The Kier molecular flexibility index (Phi) is 4.16. The molecule has 0 fully saturated rings. The van der Waals surface area contributed by atoms with Gasteiger partial charge in [0.1, 0.15) is 0 Å². The second-order valence-electron chi connectivity index (χ2n) is 5.45. The molecule has 108 valence electrons. The Hall–Kier alpha value is -1.93. The van der Waals surface area contributed by atoms with E-state index in [9.17, 15) is 4.79 Å². The van der Waals surface area contributed by atoms with Gasteiger partial charge < -0.3 is 4.74 Å². The number of aryl methyl sites for hydroxylation is 1. The van der Waals surface area contributed by atoms with Gasteiger partial charge in [0.2, 0.25) is 0 Å². The lowest BCUT2D eigenvalue weighted by Crippen LogP contribution is -2.19. The predicted octanol–water partition coefficient (Wildman–Crippen LogP) is 4.14. The second-order valence-corrected chi connectivity index (χ2v) is 5.45. The Bertz CT molecular complexity index is 646. The van der Waals surface area contributed by atoms with E-state index in [0.29, 0.717) is 13.0 Å². The molecular formula is C19H20O2. The molecule has 0 aliphatic carbocycles. The number of fused-ring (bicyclic) bond motifs is 1. The molecular weight excluding hydrogens is 260 g/mol. The number of Topliss-reactive ketones (excluding diaryl/α,β-unsaturated/α-hetero) is 1. The summed E-state index contributed by atoms with van der Waals surface area (Å²) < 4.78 is 5.85. The smallest absolute Gasteiger partial charge is 0.166 e. The first kappa shape index (κ1) is 14.0. The van der Waals surface area contributed by atoms with E-state index in [4.69, 9.17) is 4.74 Å². The van der Waals surface area contributed by atoms with Crippen molar-refractivity contribution in [2.24, 2.45) is 0 Å². The molecule has 0 spiro atoms. The van der Waals surface area contributed by atoms with Crippen molar-refractivity contribution >= 4 is 5.78 Å². The third kappa shape index (κ3) is 2.91. The fourth-order valence-corrected chi connectivity index (χ4v) is 3.02. The van der Waals surface area contributed by atoms with Crippen molar-refractivity contribution < 1.29 is 9.53 Å².